The number of anilines is 1. The Morgan fingerprint density at radius 2 is 2.29 bits per heavy atom. The van der Waals surface area contributed by atoms with Gasteiger partial charge in [-0.3, -0.25) is 10.1 Å². The van der Waals surface area contributed by atoms with Gasteiger partial charge in [-0.1, -0.05) is 13.0 Å². The van der Waals surface area contributed by atoms with Crippen molar-refractivity contribution in [2.24, 2.45) is 0 Å². The Bertz CT molecular complexity index is 603. The summed E-state index contributed by atoms with van der Waals surface area (Å²) >= 11 is 1.56. The third kappa shape index (κ3) is 4.09. The van der Waals surface area contributed by atoms with Crippen molar-refractivity contribution >= 4 is 22.9 Å². The van der Waals surface area contributed by atoms with Crippen molar-refractivity contribution in [1.29, 1.82) is 0 Å². The van der Waals surface area contributed by atoms with Gasteiger partial charge in [-0.2, -0.15) is 0 Å². The van der Waals surface area contributed by atoms with Crippen LogP contribution in [0, 0.1) is 5.82 Å². The zero-order chi connectivity index (χ0) is 15.3. The van der Waals surface area contributed by atoms with E-state index in [1.54, 1.807) is 29.7 Å². The van der Waals surface area contributed by atoms with Crippen LogP contribution in [0.5, 0.6) is 0 Å². The molecule has 4 nitrogen and oxygen atoms in total. The van der Waals surface area contributed by atoms with Crippen LogP contribution in [0.25, 0.3) is 0 Å². The van der Waals surface area contributed by atoms with Gasteiger partial charge in [-0.15, -0.1) is 11.3 Å². The molecule has 0 saturated heterocycles. The van der Waals surface area contributed by atoms with Gasteiger partial charge in [-0.05, 0) is 31.5 Å². The Kier molecular flexibility index (Phi) is 5.03. The molecule has 2 rings (SSSR count). The molecule has 6 heteroatoms. The van der Waals surface area contributed by atoms with Gasteiger partial charge in [0.25, 0.3) is 0 Å². The van der Waals surface area contributed by atoms with E-state index in [0.29, 0.717) is 5.69 Å². The minimum absolute atomic E-state index is 0.139. The van der Waals surface area contributed by atoms with Crippen LogP contribution in [-0.4, -0.2) is 17.4 Å². The summed E-state index contributed by atoms with van der Waals surface area (Å²) in [7, 11) is 0. The van der Waals surface area contributed by atoms with Crippen molar-refractivity contribution in [3.05, 3.63) is 46.7 Å². The molecule has 1 aromatic carbocycles. The number of carbonyl (C=O) groups excluding carboxylic acids is 1. The molecule has 21 heavy (non-hydrogen) atoms. The zero-order valence-electron chi connectivity index (χ0n) is 12.0. The topological polar surface area (TPSA) is 54.0 Å². The van der Waals surface area contributed by atoms with Crippen LogP contribution in [-0.2, 0) is 10.3 Å². The Balaban J connectivity index is 1.94. The van der Waals surface area contributed by atoms with Crippen molar-refractivity contribution in [2.45, 2.75) is 25.8 Å². The second-order valence-corrected chi connectivity index (χ2v) is 5.83. The lowest BCUT2D eigenvalue weighted by Crippen LogP contribution is -2.43. The Labute approximate surface area is 127 Å². The molecule has 2 N–H and O–H groups in total. The van der Waals surface area contributed by atoms with E-state index in [-0.39, 0.29) is 23.8 Å². The number of rotatable bonds is 6. The van der Waals surface area contributed by atoms with Crippen molar-refractivity contribution in [3.8, 4) is 0 Å². The Morgan fingerprint density at radius 3 is 2.90 bits per heavy atom. The van der Waals surface area contributed by atoms with Crippen LogP contribution < -0.4 is 10.6 Å². The third-order valence-corrected chi connectivity index (χ3v) is 4.40. The van der Waals surface area contributed by atoms with Crippen LogP contribution in [0.2, 0.25) is 0 Å². The average molecular weight is 307 g/mol. The number of nitrogens with zero attached hydrogens (tertiary/aromatic N) is 1. The van der Waals surface area contributed by atoms with E-state index >= 15 is 0 Å². The average Bonchev–Trinajstić information content (AvgIpc) is 2.99. The summed E-state index contributed by atoms with van der Waals surface area (Å²) in [6.45, 7) is 4.20. The predicted molar refractivity (Wildman–Crippen MR) is 82.8 cm³/mol. The van der Waals surface area contributed by atoms with E-state index in [1.807, 2.05) is 19.2 Å². The zero-order valence-corrected chi connectivity index (χ0v) is 12.8. The summed E-state index contributed by atoms with van der Waals surface area (Å²) < 4.78 is 13.1. The molecule has 0 bridgehead atoms. The molecule has 0 unspecified atom stereocenters. The van der Waals surface area contributed by atoms with Gasteiger partial charge in [-0.25, -0.2) is 9.37 Å². The summed E-state index contributed by atoms with van der Waals surface area (Å²) in [6, 6.07) is 5.84. The molecule has 1 amide bonds. The van der Waals surface area contributed by atoms with Gasteiger partial charge in [0.15, 0.2) is 0 Å². The van der Waals surface area contributed by atoms with E-state index in [1.165, 1.54) is 12.1 Å². The normalized spacial score (nSPS) is 13.7. The number of thiazole rings is 1. The van der Waals surface area contributed by atoms with Gasteiger partial charge < -0.3 is 5.32 Å². The number of carbonyl (C=O) groups is 1. The van der Waals surface area contributed by atoms with Gasteiger partial charge in [0.05, 0.1) is 12.1 Å². The number of hydrogen-bond acceptors (Lipinski definition) is 4. The van der Waals surface area contributed by atoms with E-state index < -0.39 is 0 Å². The monoisotopic (exact) mass is 307 g/mol. The van der Waals surface area contributed by atoms with E-state index in [0.717, 1.165) is 11.4 Å². The lowest BCUT2D eigenvalue weighted by molar-refractivity contribution is -0.115. The SMILES string of the molecule is CC[C@@](C)(NCC(=O)Nc1cccc(F)c1)c1nccs1. The number of benzene rings is 1. The maximum atomic E-state index is 13.1. The molecular weight excluding hydrogens is 289 g/mol. The van der Waals surface area contributed by atoms with Crippen LogP contribution >= 0.6 is 11.3 Å². The first-order valence-corrected chi connectivity index (χ1v) is 7.62. The van der Waals surface area contributed by atoms with Crippen LogP contribution in [0.1, 0.15) is 25.3 Å². The largest absolute Gasteiger partial charge is 0.325 e. The first kappa shape index (κ1) is 15.6. The minimum atomic E-state index is -0.373. The first-order chi connectivity index (χ1) is 10.0. The number of hydrogen-bond donors (Lipinski definition) is 2. The van der Waals surface area contributed by atoms with E-state index in [2.05, 4.69) is 15.6 Å². The second kappa shape index (κ2) is 6.78. The fraction of sp³-hybridized carbons (Fsp3) is 0.333. The molecule has 0 aliphatic carbocycles. The third-order valence-electron chi connectivity index (χ3n) is 3.36. The molecule has 1 heterocycles. The summed E-state index contributed by atoms with van der Waals surface area (Å²) in [6.07, 6.45) is 2.57. The molecule has 1 atom stereocenters. The highest BCUT2D eigenvalue weighted by molar-refractivity contribution is 7.09. The Hall–Kier alpha value is -1.79. The van der Waals surface area contributed by atoms with Crippen molar-refractivity contribution in [2.75, 3.05) is 11.9 Å². The molecule has 2 aromatic rings. The predicted octanol–water partition coefficient (Wildman–Crippen LogP) is 3.14. The number of aromatic nitrogens is 1. The Morgan fingerprint density at radius 1 is 1.48 bits per heavy atom. The van der Waals surface area contributed by atoms with E-state index in [9.17, 15) is 9.18 Å². The molecule has 0 aliphatic rings. The quantitative estimate of drug-likeness (QED) is 0.862. The minimum Gasteiger partial charge on any atom is -0.325 e. The lowest BCUT2D eigenvalue weighted by atomic mass is 10.00. The summed E-state index contributed by atoms with van der Waals surface area (Å²) in [5.41, 5.74) is 0.113. The number of amides is 1. The molecule has 0 spiro atoms. The van der Waals surface area contributed by atoms with Crippen LogP contribution in [0.15, 0.2) is 35.8 Å². The maximum Gasteiger partial charge on any atom is 0.238 e. The van der Waals surface area contributed by atoms with Gasteiger partial charge in [0, 0.05) is 17.3 Å². The highest BCUT2D eigenvalue weighted by Crippen LogP contribution is 2.25. The first-order valence-electron chi connectivity index (χ1n) is 6.74. The highest BCUT2D eigenvalue weighted by Gasteiger charge is 2.27. The van der Waals surface area contributed by atoms with Crippen molar-refractivity contribution in [1.82, 2.24) is 10.3 Å². The summed E-state index contributed by atoms with van der Waals surface area (Å²) in [4.78, 5) is 16.3. The molecular formula is C15H18FN3OS. The fourth-order valence-electron chi connectivity index (χ4n) is 1.89. The van der Waals surface area contributed by atoms with Gasteiger partial charge >= 0.3 is 0 Å². The second-order valence-electron chi connectivity index (χ2n) is 4.93. The number of halogens is 1. The lowest BCUT2D eigenvalue weighted by Gasteiger charge is -2.27. The fourth-order valence-corrected chi connectivity index (χ4v) is 2.74. The van der Waals surface area contributed by atoms with E-state index in [4.69, 9.17) is 0 Å². The van der Waals surface area contributed by atoms with Gasteiger partial charge in [0.2, 0.25) is 5.91 Å². The van der Waals surface area contributed by atoms with Crippen LogP contribution in [0.3, 0.4) is 0 Å². The van der Waals surface area contributed by atoms with Crippen molar-refractivity contribution in [3.63, 3.8) is 0 Å². The van der Waals surface area contributed by atoms with Crippen LogP contribution in [0.4, 0.5) is 10.1 Å². The smallest absolute Gasteiger partial charge is 0.238 e. The molecule has 112 valence electrons. The molecule has 0 saturated carbocycles. The summed E-state index contributed by atoms with van der Waals surface area (Å²) in [5, 5.41) is 8.75. The molecule has 0 aliphatic heterocycles. The molecule has 0 radical (unpaired) electrons. The van der Waals surface area contributed by atoms with Crippen molar-refractivity contribution < 1.29 is 9.18 Å². The van der Waals surface area contributed by atoms with Gasteiger partial charge in [0.1, 0.15) is 10.8 Å². The summed E-state index contributed by atoms with van der Waals surface area (Å²) in [5.74, 6) is -0.584. The molecule has 1 aromatic heterocycles. The maximum absolute atomic E-state index is 13.1. The number of nitrogens with one attached hydrogen (secondary N) is 2. The molecule has 0 fully saturated rings. The highest BCUT2D eigenvalue weighted by atomic mass is 32.1. The standard InChI is InChI=1S/C15H18FN3OS/c1-3-15(2,14-17-7-8-21-14)18-10-13(20)19-12-6-4-5-11(16)9-12/h4-9,18H,3,10H2,1-2H3,(H,19,20)/t15-/m1/s1.